The number of aryl methyl sites for hydroxylation is 1. The van der Waals surface area contributed by atoms with Crippen molar-refractivity contribution >= 4 is 11.6 Å². The highest BCUT2D eigenvalue weighted by atomic mass is 35.5. The number of methoxy groups -OCH3 is 1. The second-order valence-corrected chi connectivity index (χ2v) is 3.55. The van der Waals surface area contributed by atoms with Gasteiger partial charge >= 0.3 is 0 Å². The molecule has 0 saturated heterocycles. The normalized spacial score (nSPS) is 12.6. The summed E-state index contributed by atoms with van der Waals surface area (Å²) in [6, 6.07) is 1.65. The second-order valence-electron chi connectivity index (χ2n) is 3.15. The summed E-state index contributed by atoms with van der Waals surface area (Å²) >= 11 is 5.84. The smallest absolute Gasteiger partial charge is 0.179 e. The molecule has 78 valence electrons. The number of phenols is 1. The van der Waals surface area contributed by atoms with Crippen molar-refractivity contribution in [2.45, 2.75) is 20.0 Å². The number of aliphatic hydroxyl groups excluding tert-OH is 1. The number of hydrogen-bond donors (Lipinski definition) is 2. The van der Waals surface area contributed by atoms with Crippen LogP contribution in [-0.2, 0) is 0 Å². The van der Waals surface area contributed by atoms with Gasteiger partial charge in [0, 0.05) is 5.56 Å². The molecule has 2 N–H and O–H groups in total. The molecule has 0 aliphatic heterocycles. The van der Waals surface area contributed by atoms with E-state index in [1.165, 1.54) is 7.11 Å². The van der Waals surface area contributed by atoms with Crippen LogP contribution < -0.4 is 4.74 Å². The number of phenolic OH excluding ortho intramolecular Hbond substituents is 1. The van der Waals surface area contributed by atoms with Crippen LogP contribution in [0.4, 0.5) is 0 Å². The van der Waals surface area contributed by atoms with Gasteiger partial charge in [0.1, 0.15) is 0 Å². The van der Waals surface area contributed by atoms with Gasteiger partial charge < -0.3 is 14.9 Å². The first-order valence-corrected chi connectivity index (χ1v) is 4.60. The van der Waals surface area contributed by atoms with Crippen molar-refractivity contribution in [2.75, 3.05) is 7.11 Å². The summed E-state index contributed by atoms with van der Waals surface area (Å²) in [7, 11) is 1.42. The molecule has 0 heterocycles. The van der Waals surface area contributed by atoms with Gasteiger partial charge in [-0.1, -0.05) is 11.6 Å². The van der Waals surface area contributed by atoms with Crippen LogP contribution in [0.2, 0.25) is 5.02 Å². The van der Waals surface area contributed by atoms with Crippen LogP contribution in [0, 0.1) is 6.92 Å². The van der Waals surface area contributed by atoms with Gasteiger partial charge in [-0.25, -0.2) is 0 Å². The zero-order valence-electron chi connectivity index (χ0n) is 8.34. The number of hydrogen-bond acceptors (Lipinski definition) is 3. The molecule has 1 aromatic rings. The fourth-order valence-corrected chi connectivity index (χ4v) is 1.81. The van der Waals surface area contributed by atoms with Crippen LogP contribution in [0.1, 0.15) is 24.2 Å². The van der Waals surface area contributed by atoms with E-state index in [-0.39, 0.29) is 11.5 Å². The van der Waals surface area contributed by atoms with Gasteiger partial charge in [-0.05, 0) is 25.5 Å². The lowest BCUT2D eigenvalue weighted by Gasteiger charge is -2.15. The number of halogens is 1. The molecule has 1 unspecified atom stereocenters. The van der Waals surface area contributed by atoms with E-state index < -0.39 is 6.10 Å². The molecule has 0 fully saturated rings. The Morgan fingerprint density at radius 3 is 2.50 bits per heavy atom. The lowest BCUT2D eigenvalue weighted by Crippen LogP contribution is -1.98. The number of ether oxygens (including phenoxy) is 1. The molecule has 1 atom stereocenters. The fourth-order valence-electron chi connectivity index (χ4n) is 1.48. The second kappa shape index (κ2) is 4.07. The molecule has 0 aliphatic rings. The molecule has 0 aromatic heterocycles. The summed E-state index contributed by atoms with van der Waals surface area (Å²) in [4.78, 5) is 0. The molecule has 0 aliphatic carbocycles. The van der Waals surface area contributed by atoms with Gasteiger partial charge in [-0.3, -0.25) is 0 Å². The standard InChI is InChI=1S/C10H13ClO3/c1-5-4-7(11)10(14-3)9(13)8(5)6(2)12/h4,6,12-13H,1-3H3. The minimum Gasteiger partial charge on any atom is -0.504 e. The molecule has 4 heteroatoms. The van der Waals surface area contributed by atoms with Crippen LogP contribution in [0.15, 0.2) is 6.07 Å². The van der Waals surface area contributed by atoms with E-state index in [0.717, 1.165) is 5.56 Å². The van der Waals surface area contributed by atoms with E-state index in [1.807, 2.05) is 0 Å². The highest BCUT2D eigenvalue weighted by molar-refractivity contribution is 6.32. The third kappa shape index (κ3) is 1.79. The van der Waals surface area contributed by atoms with Gasteiger partial charge in [0.15, 0.2) is 11.5 Å². The Labute approximate surface area is 87.9 Å². The number of rotatable bonds is 2. The quantitative estimate of drug-likeness (QED) is 0.798. The number of aliphatic hydroxyl groups is 1. The lowest BCUT2D eigenvalue weighted by molar-refractivity contribution is 0.193. The molecular formula is C10H13ClO3. The van der Waals surface area contributed by atoms with Crippen molar-refractivity contribution in [1.29, 1.82) is 0 Å². The van der Waals surface area contributed by atoms with Gasteiger partial charge in [0.05, 0.1) is 18.2 Å². The summed E-state index contributed by atoms with van der Waals surface area (Å²) in [5.41, 5.74) is 1.19. The lowest BCUT2D eigenvalue weighted by atomic mass is 10.0. The predicted octanol–water partition coefficient (Wildman–Crippen LogP) is 2.42. The first kappa shape index (κ1) is 11.1. The van der Waals surface area contributed by atoms with E-state index in [2.05, 4.69) is 0 Å². The first-order valence-electron chi connectivity index (χ1n) is 4.23. The molecule has 0 saturated carbocycles. The maximum atomic E-state index is 9.75. The Hall–Kier alpha value is -0.930. The first-order chi connectivity index (χ1) is 6.49. The average molecular weight is 217 g/mol. The Morgan fingerprint density at radius 1 is 1.50 bits per heavy atom. The van der Waals surface area contributed by atoms with E-state index in [1.54, 1.807) is 19.9 Å². The van der Waals surface area contributed by atoms with Crippen molar-refractivity contribution in [3.63, 3.8) is 0 Å². The Bertz CT molecular complexity index is 348. The highest BCUT2D eigenvalue weighted by Crippen LogP contribution is 2.41. The molecule has 1 rings (SSSR count). The largest absolute Gasteiger partial charge is 0.504 e. The van der Waals surface area contributed by atoms with Gasteiger partial charge in [0.2, 0.25) is 0 Å². The zero-order chi connectivity index (χ0) is 10.9. The summed E-state index contributed by atoms with van der Waals surface area (Å²) < 4.78 is 4.93. The number of aromatic hydroxyl groups is 1. The molecule has 3 nitrogen and oxygen atoms in total. The summed E-state index contributed by atoms with van der Waals surface area (Å²) in [5, 5.41) is 19.5. The van der Waals surface area contributed by atoms with Crippen molar-refractivity contribution < 1.29 is 14.9 Å². The Balaban J connectivity index is 3.44. The van der Waals surface area contributed by atoms with Crippen molar-refractivity contribution in [2.24, 2.45) is 0 Å². The minimum atomic E-state index is -0.749. The molecule has 0 bridgehead atoms. The number of benzene rings is 1. The third-order valence-corrected chi connectivity index (χ3v) is 2.36. The third-order valence-electron chi connectivity index (χ3n) is 2.08. The zero-order valence-corrected chi connectivity index (χ0v) is 9.09. The van der Waals surface area contributed by atoms with Crippen molar-refractivity contribution in [3.8, 4) is 11.5 Å². The maximum absolute atomic E-state index is 9.75. The molecule has 0 amide bonds. The van der Waals surface area contributed by atoms with Crippen LogP contribution >= 0.6 is 11.6 Å². The molecular weight excluding hydrogens is 204 g/mol. The van der Waals surface area contributed by atoms with Crippen LogP contribution in [0.5, 0.6) is 11.5 Å². The highest BCUT2D eigenvalue weighted by Gasteiger charge is 2.18. The summed E-state index contributed by atoms with van der Waals surface area (Å²) in [6.07, 6.45) is -0.749. The van der Waals surface area contributed by atoms with Gasteiger partial charge in [0.25, 0.3) is 0 Å². The molecule has 14 heavy (non-hydrogen) atoms. The topological polar surface area (TPSA) is 49.7 Å². The fraction of sp³-hybridized carbons (Fsp3) is 0.400. The van der Waals surface area contributed by atoms with Crippen molar-refractivity contribution in [1.82, 2.24) is 0 Å². The van der Waals surface area contributed by atoms with Crippen molar-refractivity contribution in [3.05, 3.63) is 22.2 Å². The van der Waals surface area contributed by atoms with Crippen LogP contribution in [0.3, 0.4) is 0 Å². The maximum Gasteiger partial charge on any atom is 0.179 e. The van der Waals surface area contributed by atoms with E-state index in [9.17, 15) is 10.2 Å². The van der Waals surface area contributed by atoms with E-state index in [0.29, 0.717) is 10.6 Å². The van der Waals surface area contributed by atoms with Gasteiger partial charge in [-0.15, -0.1) is 0 Å². The average Bonchev–Trinajstić information content (AvgIpc) is 2.02. The van der Waals surface area contributed by atoms with E-state index in [4.69, 9.17) is 16.3 Å². The Kier molecular flexibility index (Phi) is 3.24. The van der Waals surface area contributed by atoms with E-state index >= 15 is 0 Å². The monoisotopic (exact) mass is 216 g/mol. The summed E-state index contributed by atoms with van der Waals surface area (Å²) in [6.45, 7) is 3.35. The molecule has 0 spiro atoms. The van der Waals surface area contributed by atoms with Crippen LogP contribution in [0.25, 0.3) is 0 Å². The van der Waals surface area contributed by atoms with Gasteiger partial charge in [-0.2, -0.15) is 0 Å². The van der Waals surface area contributed by atoms with Crippen LogP contribution in [-0.4, -0.2) is 17.3 Å². The molecule has 1 aromatic carbocycles. The summed E-state index contributed by atoms with van der Waals surface area (Å²) in [5.74, 6) is 0.112. The SMILES string of the molecule is COc1c(Cl)cc(C)c(C(C)O)c1O. The predicted molar refractivity (Wildman–Crippen MR) is 55.0 cm³/mol. The Morgan fingerprint density at radius 2 is 2.07 bits per heavy atom. The molecule has 0 radical (unpaired) electrons. The minimum absolute atomic E-state index is 0.0903.